The Morgan fingerprint density at radius 1 is 1.60 bits per heavy atom. The first kappa shape index (κ1) is 18.4. The summed E-state index contributed by atoms with van der Waals surface area (Å²) in [5.74, 6) is 0. The second-order valence-corrected chi connectivity index (χ2v) is 0.289. The van der Waals surface area contributed by atoms with Gasteiger partial charge in [-0.25, -0.2) is 19.6 Å². The molecule has 0 aromatic carbocycles. The van der Waals surface area contributed by atoms with E-state index in [1.807, 2.05) is 0 Å². The van der Waals surface area contributed by atoms with Gasteiger partial charge in [-0.1, -0.05) is 0 Å². The van der Waals surface area contributed by atoms with Crippen LogP contribution in [0.25, 0.3) is 0 Å². The molecule has 28 valence electrons. The second kappa shape index (κ2) is 27.2. The van der Waals surface area contributed by atoms with Gasteiger partial charge in [-0.05, 0) is 0 Å². The molecule has 0 bridgehead atoms. The zero-order valence-corrected chi connectivity index (χ0v) is 5.05. The Balaban J connectivity index is -0.0000000200. The van der Waals surface area contributed by atoms with Gasteiger partial charge in [-0.3, -0.25) is 0 Å². The molecule has 0 saturated carbocycles. The van der Waals surface area contributed by atoms with Crippen LogP contribution in [0.2, 0.25) is 0 Å². The molecule has 0 aliphatic carbocycles. The van der Waals surface area contributed by atoms with Crippen molar-refractivity contribution in [2.24, 2.45) is 0 Å². The third kappa shape index (κ3) is 222. The predicted molar refractivity (Wildman–Crippen MR) is 22.0 cm³/mol. The molecule has 1 heteroatoms. The van der Waals surface area contributed by atoms with Crippen LogP contribution in [0.3, 0.4) is 0 Å². The summed E-state index contributed by atoms with van der Waals surface area (Å²) < 4.78 is 0. The zero-order chi connectivity index (χ0) is 2.71. The summed E-state index contributed by atoms with van der Waals surface area (Å²) in [6.45, 7) is 6.50. The summed E-state index contributed by atoms with van der Waals surface area (Å²) in [5, 5.41) is 0. The molecule has 0 aliphatic rings. The van der Waals surface area contributed by atoms with Crippen molar-refractivity contribution >= 4 is 0 Å². The quantitative estimate of drug-likeness (QED) is 0.322. The predicted octanol–water partition coefficient (Wildman–Crippen LogP) is 1.45. The van der Waals surface area contributed by atoms with E-state index in [2.05, 4.69) is 13.5 Å². The molecule has 0 radical (unpaired) electrons. The zero-order valence-electron chi connectivity index (χ0n) is 3.49. The number of hydrogen-bond donors (Lipinski definition) is 0. The molecule has 0 aliphatic heterocycles. The fourth-order valence-corrected chi connectivity index (χ4v) is 0. The van der Waals surface area contributed by atoms with Gasteiger partial charge < -0.3 is 7.43 Å². The average Bonchev–Trinajstić information content (AvgIpc) is 0.918. The summed E-state index contributed by atoms with van der Waals surface area (Å²) in [4.78, 5) is 0. The SMILES string of the molecule is C=C[CH2-].[CH3-].[Ti+2]. The Hall–Kier alpha value is 0.324. The van der Waals surface area contributed by atoms with E-state index in [0.717, 1.165) is 0 Å². The van der Waals surface area contributed by atoms with Crippen molar-refractivity contribution in [1.82, 2.24) is 0 Å². The maximum Gasteiger partial charge on any atom is 2.00 e. The van der Waals surface area contributed by atoms with E-state index in [0.29, 0.717) is 0 Å². The first-order chi connectivity index (χ1) is 1.41. The minimum absolute atomic E-state index is 0. The molecule has 0 unspecified atom stereocenters. The molecule has 0 aromatic rings. The van der Waals surface area contributed by atoms with Crippen LogP contribution in [0.15, 0.2) is 12.7 Å². The van der Waals surface area contributed by atoms with Crippen LogP contribution in [0.1, 0.15) is 0 Å². The molecule has 0 N–H and O–H groups in total. The maximum atomic E-state index is 3.25. The van der Waals surface area contributed by atoms with Crippen LogP contribution in [0.5, 0.6) is 0 Å². The first-order valence-corrected chi connectivity index (χ1v) is 0.816. The molecular formula is C4H8Ti. The van der Waals surface area contributed by atoms with Gasteiger partial charge in [0.25, 0.3) is 0 Å². The Morgan fingerprint density at radius 2 is 1.60 bits per heavy atom. The summed E-state index contributed by atoms with van der Waals surface area (Å²) in [6, 6.07) is 0. The Kier molecular flexibility index (Phi) is 100. The molecule has 0 aromatic heterocycles. The minimum atomic E-state index is 0. The van der Waals surface area contributed by atoms with Crippen LogP contribution in [0.4, 0.5) is 0 Å². The van der Waals surface area contributed by atoms with Gasteiger partial charge in [-0.15, -0.1) is 0 Å². The van der Waals surface area contributed by atoms with E-state index in [4.69, 9.17) is 0 Å². The maximum absolute atomic E-state index is 3.25. The largest absolute Gasteiger partial charge is 2.00 e. The van der Waals surface area contributed by atoms with Gasteiger partial charge in [0.15, 0.2) is 0 Å². The van der Waals surface area contributed by atoms with E-state index in [9.17, 15) is 0 Å². The standard InChI is InChI=1S/C3H5.CH3.Ti/c1-3-2;;/h3H,1-2H2;1H3;/q2*-1;+2. The van der Waals surface area contributed by atoms with Crippen LogP contribution in [-0.4, -0.2) is 0 Å². The van der Waals surface area contributed by atoms with Crippen molar-refractivity contribution in [3.63, 3.8) is 0 Å². The van der Waals surface area contributed by atoms with Gasteiger partial charge >= 0.3 is 21.7 Å². The summed E-state index contributed by atoms with van der Waals surface area (Å²) >= 11 is 0. The third-order valence-corrected chi connectivity index (χ3v) is 0. The topological polar surface area (TPSA) is 0 Å². The van der Waals surface area contributed by atoms with Gasteiger partial charge in [0.05, 0.1) is 0 Å². The van der Waals surface area contributed by atoms with Crippen molar-refractivity contribution < 1.29 is 21.7 Å². The summed E-state index contributed by atoms with van der Waals surface area (Å²) in [7, 11) is 0. The molecule has 0 saturated heterocycles. The van der Waals surface area contributed by atoms with E-state index < -0.39 is 0 Å². The van der Waals surface area contributed by atoms with Crippen LogP contribution in [-0.2, 0) is 21.7 Å². The first-order valence-electron chi connectivity index (χ1n) is 0.816. The van der Waals surface area contributed by atoms with Crippen molar-refractivity contribution in [1.29, 1.82) is 0 Å². The molecule has 0 amide bonds. The van der Waals surface area contributed by atoms with Gasteiger partial charge in [0, 0.05) is 0 Å². The van der Waals surface area contributed by atoms with E-state index in [1.165, 1.54) is 6.08 Å². The van der Waals surface area contributed by atoms with Crippen LogP contribution in [0, 0.1) is 14.4 Å². The Bertz CT molecular complexity index is 11.1. The van der Waals surface area contributed by atoms with E-state index >= 15 is 0 Å². The van der Waals surface area contributed by atoms with Crippen molar-refractivity contribution in [2.45, 2.75) is 0 Å². The molecule has 0 atom stereocenters. The molecule has 0 spiro atoms. The van der Waals surface area contributed by atoms with Crippen molar-refractivity contribution in [3.8, 4) is 0 Å². The van der Waals surface area contributed by atoms with E-state index in [-0.39, 0.29) is 29.1 Å². The molecule has 0 rings (SSSR count). The van der Waals surface area contributed by atoms with Gasteiger partial charge in [-0.2, -0.15) is 0 Å². The van der Waals surface area contributed by atoms with E-state index in [1.54, 1.807) is 0 Å². The summed E-state index contributed by atoms with van der Waals surface area (Å²) in [6.07, 6.45) is 1.50. The fraction of sp³-hybridized carbons (Fsp3) is 0. The van der Waals surface area contributed by atoms with Crippen LogP contribution < -0.4 is 0 Å². The van der Waals surface area contributed by atoms with Gasteiger partial charge in [0.2, 0.25) is 0 Å². The van der Waals surface area contributed by atoms with Crippen molar-refractivity contribution in [3.05, 3.63) is 27.0 Å². The normalized spacial score (nSPS) is 2.40. The smallest absolute Gasteiger partial charge is 0.358 e. The minimum Gasteiger partial charge on any atom is -0.358 e. The Labute approximate surface area is 49.2 Å². The third-order valence-electron chi connectivity index (χ3n) is 0. The second-order valence-electron chi connectivity index (χ2n) is 0.289. The molecule has 5 heavy (non-hydrogen) atoms. The molecule has 0 fully saturated rings. The molecular weight excluding hydrogens is 95.9 g/mol. The number of hydrogen-bond acceptors (Lipinski definition) is 0. The number of allylic oxidation sites excluding steroid dienone is 1. The number of rotatable bonds is 0. The molecule has 0 nitrogen and oxygen atoms in total. The summed E-state index contributed by atoms with van der Waals surface area (Å²) in [5.41, 5.74) is 0. The van der Waals surface area contributed by atoms with Crippen molar-refractivity contribution in [2.75, 3.05) is 0 Å². The Morgan fingerprint density at radius 3 is 1.60 bits per heavy atom. The molecule has 0 heterocycles. The monoisotopic (exact) mass is 104 g/mol. The fourth-order valence-electron chi connectivity index (χ4n) is 0. The average molecular weight is 104 g/mol. The van der Waals surface area contributed by atoms with Crippen LogP contribution >= 0.6 is 0 Å². The van der Waals surface area contributed by atoms with Gasteiger partial charge in [0.1, 0.15) is 0 Å².